The minimum Gasteiger partial charge on any atom is -0.394 e. The molecule has 0 aliphatic carbocycles. The molecular formula is C11H14N4OS. The van der Waals surface area contributed by atoms with Crippen molar-refractivity contribution in [3.8, 4) is 0 Å². The van der Waals surface area contributed by atoms with Gasteiger partial charge in [-0.2, -0.15) is 0 Å². The largest absolute Gasteiger partial charge is 0.394 e. The van der Waals surface area contributed by atoms with Gasteiger partial charge in [-0.25, -0.2) is 9.97 Å². The summed E-state index contributed by atoms with van der Waals surface area (Å²) in [5, 5.41) is 12.4. The van der Waals surface area contributed by atoms with Gasteiger partial charge in [0.1, 0.15) is 0 Å². The van der Waals surface area contributed by atoms with Gasteiger partial charge in [0.05, 0.1) is 18.2 Å². The SMILES string of the molecule is Cc1cnc(NC(CO)Cc2cncs2)nc1. The molecule has 0 saturated heterocycles. The summed E-state index contributed by atoms with van der Waals surface area (Å²) in [6, 6.07) is -0.0850. The van der Waals surface area contributed by atoms with Crippen LogP contribution in [0.15, 0.2) is 24.1 Å². The normalized spacial score (nSPS) is 12.4. The summed E-state index contributed by atoms with van der Waals surface area (Å²) in [7, 11) is 0. The molecule has 1 unspecified atom stereocenters. The minimum atomic E-state index is -0.0850. The van der Waals surface area contributed by atoms with E-state index in [-0.39, 0.29) is 12.6 Å². The fraction of sp³-hybridized carbons (Fsp3) is 0.364. The van der Waals surface area contributed by atoms with E-state index in [2.05, 4.69) is 20.3 Å². The van der Waals surface area contributed by atoms with Crippen LogP contribution in [0.3, 0.4) is 0 Å². The van der Waals surface area contributed by atoms with Crippen LogP contribution in [0.5, 0.6) is 0 Å². The van der Waals surface area contributed by atoms with Crippen molar-refractivity contribution in [3.05, 3.63) is 34.5 Å². The lowest BCUT2D eigenvalue weighted by atomic mass is 10.2. The fourth-order valence-corrected chi connectivity index (χ4v) is 2.07. The van der Waals surface area contributed by atoms with E-state index in [0.717, 1.165) is 16.9 Å². The summed E-state index contributed by atoms with van der Waals surface area (Å²) in [6.45, 7) is 1.97. The highest BCUT2D eigenvalue weighted by Crippen LogP contribution is 2.11. The van der Waals surface area contributed by atoms with Gasteiger partial charge in [0.15, 0.2) is 0 Å². The molecule has 2 aromatic rings. The lowest BCUT2D eigenvalue weighted by molar-refractivity contribution is 0.273. The lowest BCUT2D eigenvalue weighted by Gasteiger charge is -2.14. The number of rotatable bonds is 5. The van der Waals surface area contributed by atoms with Gasteiger partial charge in [0.2, 0.25) is 5.95 Å². The van der Waals surface area contributed by atoms with Crippen LogP contribution < -0.4 is 5.32 Å². The molecule has 2 aromatic heterocycles. The number of aromatic nitrogens is 3. The molecule has 5 nitrogen and oxygen atoms in total. The van der Waals surface area contributed by atoms with Crippen molar-refractivity contribution < 1.29 is 5.11 Å². The van der Waals surface area contributed by atoms with Crippen molar-refractivity contribution in [1.82, 2.24) is 15.0 Å². The molecule has 90 valence electrons. The number of nitrogens with one attached hydrogen (secondary N) is 1. The average Bonchev–Trinajstić information content (AvgIpc) is 2.84. The van der Waals surface area contributed by atoms with Crippen molar-refractivity contribution in [3.63, 3.8) is 0 Å². The maximum atomic E-state index is 9.31. The van der Waals surface area contributed by atoms with Crippen LogP contribution in [0.25, 0.3) is 0 Å². The van der Waals surface area contributed by atoms with E-state index in [1.54, 1.807) is 29.2 Å². The molecule has 0 radical (unpaired) electrons. The van der Waals surface area contributed by atoms with E-state index in [1.807, 2.05) is 13.1 Å². The minimum absolute atomic E-state index is 0.0368. The van der Waals surface area contributed by atoms with Crippen molar-refractivity contribution in [1.29, 1.82) is 0 Å². The van der Waals surface area contributed by atoms with Gasteiger partial charge in [0.25, 0.3) is 0 Å². The summed E-state index contributed by atoms with van der Waals surface area (Å²) in [4.78, 5) is 13.4. The molecule has 2 N–H and O–H groups in total. The Morgan fingerprint density at radius 2 is 2.12 bits per heavy atom. The molecule has 0 saturated carbocycles. The van der Waals surface area contributed by atoms with E-state index < -0.39 is 0 Å². The number of thiazole rings is 1. The van der Waals surface area contributed by atoms with Crippen LogP contribution in [0, 0.1) is 6.92 Å². The number of aliphatic hydroxyl groups is 1. The monoisotopic (exact) mass is 250 g/mol. The van der Waals surface area contributed by atoms with Crippen LogP contribution in [0.4, 0.5) is 5.95 Å². The first-order chi connectivity index (χ1) is 8.28. The van der Waals surface area contributed by atoms with Crippen LogP contribution in [0.2, 0.25) is 0 Å². The fourth-order valence-electron chi connectivity index (χ4n) is 1.40. The molecule has 2 heterocycles. The molecule has 0 spiro atoms. The Morgan fingerprint density at radius 1 is 1.35 bits per heavy atom. The molecule has 0 aliphatic heterocycles. The third-order valence-electron chi connectivity index (χ3n) is 2.27. The highest BCUT2D eigenvalue weighted by atomic mass is 32.1. The van der Waals surface area contributed by atoms with Gasteiger partial charge in [-0.3, -0.25) is 4.98 Å². The number of aliphatic hydroxyl groups excluding tert-OH is 1. The summed E-state index contributed by atoms with van der Waals surface area (Å²) >= 11 is 1.58. The van der Waals surface area contributed by atoms with E-state index in [1.165, 1.54) is 0 Å². The Bertz CT molecular complexity index is 443. The van der Waals surface area contributed by atoms with Crippen LogP contribution >= 0.6 is 11.3 Å². The molecule has 17 heavy (non-hydrogen) atoms. The van der Waals surface area contributed by atoms with Crippen LogP contribution in [-0.4, -0.2) is 32.7 Å². The van der Waals surface area contributed by atoms with Crippen LogP contribution in [-0.2, 0) is 6.42 Å². The van der Waals surface area contributed by atoms with E-state index in [4.69, 9.17) is 0 Å². The van der Waals surface area contributed by atoms with E-state index in [9.17, 15) is 5.11 Å². The first kappa shape index (κ1) is 11.9. The zero-order valence-electron chi connectivity index (χ0n) is 9.50. The quantitative estimate of drug-likeness (QED) is 0.836. The lowest BCUT2D eigenvalue weighted by Crippen LogP contribution is -2.27. The molecule has 1 atom stereocenters. The molecular weight excluding hydrogens is 236 g/mol. The molecule has 0 aromatic carbocycles. The van der Waals surface area contributed by atoms with Crippen molar-refractivity contribution in [2.24, 2.45) is 0 Å². The summed E-state index contributed by atoms with van der Waals surface area (Å²) in [6.07, 6.45) is 6.02. The van der Waals surface area contributed by atoms with Crippen LogP contribution in [0.1, 0.15) is 10.4 Å². The zero-order valence-corrected chi connectivity index (χ0v) is 10.3. The molecule has 0 aliphatic rings. The Hall–Kier alpha value is -1.53. The third-order valence-corrected chi connectivity index (χ3v) is 3.07. The number of anilines is 1. The Kier molecular flexibility index (Phi) is 4.00. The second kappa shape index (κ2) is 5.70. The highest BCUT2D eigenvalue weighted by molar-refractivity contribution is 7.09. The first-order valence-corrected chi connectivity index (χ1v) is 6.19. The van der Waals surface area contributed by atoms with Gasteiger partial charge in [-0.1, -0.05) is 0 Å². The predicted octanol–water partition coefficient (Wildman–Crippen LogP) is 1.26. The summed E-state index contributed by atoms with van der Waals surface area (Å²) in [5.41, 5.74) is 2.80. The molecule has 6 heteroatoms. The Balaban J connectivity index is 1.97. The summed E-state index contributed by atoms with van der Waals surface area (Å²) in [5.74, 6) is 0.541. The van der Waals surface area contributed by atoms with Gasteiger partial charge in [-0.05, 0) is 12.5 Å². The zero-order chi connectivity index (χ0) is 12.1. The standard InChI is InChI=1S/C11H14N4OS/c1-8-3-13-11(14-4-8)15-9(6-16)2-10-5-12-7-17-10/h3-5,7,9,16H,2,6H2,1H3,(H,13,14,15). The van der Waals surface area contributed by atoms with Gasteiger partial charge < -0.3 is 10.4 Å². The molecule has 0 fully saturated rings. The topological polar surface area (TPSA) is 70.9 Å². The number of hydrogen-bond donors (Lipinski definition) is 2. The smallest absolute Gasteiger partial charge is 0.222 e. The highest BCUT2D eigenvalue weighted by Gasteiger charge is 2.10. The average molecular weight is 250 g/mol. The van der Waals surface area contributed by atoms with E-state index >= 15 is 0 Å². The second-order valence-corrected chi connectivity index (χ2v) is 4.75. The van der Waals surface area contributed by atoms with E-state index in [0.29, 0.717) is 5.95 Å². The van der Waals surface area contributed by atoms with Gasteiger partial charge in [0, 0.05) is 29.9 Å². The first-order valence-electron chi connectivity index (χ1n) is 5.31. The molecule has 0 bridgehead atoms. The maximum absolute atomic E-state index is 9.31. The number of hydrogen-bond acceptors (Lipinski definition) is 6. The maximum Gasteiger partial charge on any atom is 0.222 e. The molecule has 0 amide bonds. The molecule has 2 rings (SSSR count). The van der Waals surface area contributed by atoms with Gasteiger partial charge >= 0.3 is 0 Å². The third kappa shape index (κ3) is 3.47. The van der Waals surface area contributed by atoms with Crippen molar-refractivity contribution >= 4 is 17.3 Å². The Morgan fingerprint density at radius 3 is 2.71 bits per heavy atom. The number of aryl methyl sites for hydroxylation is 1. The van der Waals surface area contributed by atoms with Gasteiger partial charge in [-0.15, -0.1) is 11.3 Å². The van der Waals surface area contributed by atoms with Crippen molar-refractivity contribution in [2.75, 3.05) is 11.9 Å². The summed E-state index contributed by atoms with van der Waals surface area (Å²) < 4.78 is 0. The second-order valence-electron chi connectivity index (χ2n) is 3.78. The predicted molar refractivity (Wildman–Crippen MR) is 67.1 cm³/mol. The number of nitrogens with zero attached hydrogens (tertiary/aromatic N) is 3. The van der Waals surface area contributed by atoms with Crippen molar-refractivity contribution in [2.45, 2.75) is 19.4 Å². The Labute approximate surface area is 104 Å².